The first kappa shape index (κ1) is 16.2. The zero-order valence-electron chi connectivity index (χ0n) is 12.4. The maximum atomic E-state index is 12.1. The van der Waals surface area contributed by atoms with Gasteiger partial charge in [0.2, 0.25) is 0 Å². The largest absolute Gasteiger partial charge is 0.459 e. The zero-order valence-corrected chi connectivity index (χ0v) is 13.2. The summed E-state index contributed by atoms with van der Waals surface area (Å²) in [5.41, 5.74) is 1.47. The van der Waals surface area contributed by atoms with E-state index in [9.17, 15) is 13.2 Å². The molecule has 2 aromatic rings. The van der Waals surface area contributed by atoms with Crippen LogP contribution in [0.15, 0.2) is 39.8 Å². The predicted molar refractivity (Wildman–Crippen MR) is 78.9 cm³/mol. The molecule has 0 N–H and O–H groups in total. The van der Waals surface area contributed by atoms with Crippen LogP contribution in [-0.2, 0) is 26.0 Å². The Morgan fingerprint density at radius 2 is 1.91 bits per heavy atom. The van der Waals surface area contributed by atoms with Crippen LogP contribution in [-0.4, -0.2) is 25.3 Å². The van der Waals surface area contributed by atoms with Gasteiger partial charge in [0.25, 0.3) is 0 Å². The Morgan fingerprint density at radius 3 is 2.50 bits per heavy atom. The standard InChI is InChI=1S/C15H17NO5S/c1-11-3-5-14(6-4-11)22(18,19)8-7-15(17)20-10-13-9-12(2)21-16-13/h3-6,9H,7-8,10H2,1-2H3. The van der Waals surface area contributed by atoms with Crippen LogP contribution in [0.4, 0.5) is 0 Å². The van der Waals surface area contributed by atoms with Gasteiger partial charge in [0, 0.05) is 6.07 Å². The quantitative estimate of drug-likeness (QED) is 0.757. The average molecular weight is 323 g/mol. The van der Waals surface area contributed by atoms with Crippen molar-refractivity contribution in [3.05, 3.63) is 47.3 Å². The van der Waals surface area contributed by atoms with E-state index in [1.165, 1.54) is 12.1 Å². The number of aromatic nitrogens is 1. The lowest BCUT2D eigenvalue weighted by Crippen LogP contribution is -2.13. The van der Waals surface area contributed by atoms with Gasteiger partial charge in [0.1, 0.15) is 18.1 Å². The number of esters is 1. The van der Waals surface area contributed by atoms with E-state index in [2.05, 4.69) is 5.16 Å². The van der Waals surface area contributed by atoms with Gasteiger partial charge >= 0.3 is 5.97 Å². The molecule has 0 bridgehead atoms. The SMILES string of the molecule is Cc1ccc(S(=O)(=O)CCC(=O)OCc2cc(C)on2)cc1. The number of sulfone groups is 1. The number of nitrogens with zero attached hydrogens (tertiary/aromatic N) is 1. The highest BCUT2D eigenvalue weighted by atomic mass is 32.2. The summed E-state index contributed by atoms with van der Waals surface area (Å²) in [4.78, 5) is 11.8. The van der Waals surface area contributed by atoms with Crippen molar-refractivity contribution in [1.82, 2.24) is 5.16 Å². The van der Waals surface area contributed by atoms with Gasteiger partial charge in [-0.15, -0.1) is 0 Å². The van der Waals surface area contributed by atoms with Crippen molar-refractivity contribution in [3.8, 4) is 0 Å². The highest BCUT2D eigenvalue weighted by Crippen LogP contribution is 2.13. The maximum absolute atomic E-state index is 12.1. The molecule has 0 saturated heterocycles. The van der Waals surface area contributed by atoms with Crippen molar-refractivity contribution in [2.45, 2.75) is 31.8 Å². The Balaban J connectivity index is 1.86. The van der Waals surface area contributed by atoms with E-state index in [1.807, 2.05) is 6.92 Å². The van der Waals surface area contributed by atoms with E-state index in [4.69, 9.17) is 9.26 Å². The van der Waals surface area contributed by atoms with Crippen LogP contribution in [0.3, 0.4) is 0 Å². The second-order valence-electron chi connectivity index (χ2n) is 4.97. The average Bonchev–Trinajstić information content (AvgIpc) is 2.89. The van der Waals surface area contributed by atoms with Gasteiger partial charge in [-0.2, -0.15) is 0 Å². The fraction of sp³-hybridized carbons (Fsp3) is 0.333. The number of hydrogen-bond acceptors (Lipinski definition) is 6. The Kier molecular flexibility index (Phi) is 4.97. The first-order chi connectivity index (χ1) is 10.4. The lowest BCUT2D eigenvalue weighted by molar-refractivity contribution is -0.144. The van der Waals surface area contributed by atoms with Crippen molar-refractivity contribution in [1.29, 1.82) is 0 Å². The second kappa shape index (κ2) is 6.74. The summed E-state index contributed by atoms with van der Waals surface area (Å²) in [6.07, 6.45) is -0.201. The molecule has 118 valence electrons. The number of hydrogen-bond donors (Lipinski definition) is 0. The summed E-state index contributed by atoms with van der Waals surface area (Å²) in [7, 11) is -3.49. The van der Waals surface area contributed by atoms with E-state index in [0.717, 1.165) is 5.56 Å². The molecule has 22 heavy (non-hydrogen) atoms. The third-order valence-corrected chi connectivity index (χ3v) is 4.74. The number of rotatable bonds is 6. The molecule has 0 spiro atoms. The number of benzene rings is 1. The third-order valence-electron chi connectivity index (χ3n) is 3.01. The fourth-order valence-electron chi connectivity index (χ4n) is 1.79. The highest BCUT2D eigenvalue weighted by molar-refractivity contribution is 7.91. The van der Waals surface area contributed by atoms with Crippen molar-refractivity contribution < 1.29 is 22.5 Å². The summed E-state index contributed by atoms with van der Waals surface area (Å²) in [5.74, 6) is -0.253. The van der Waals surface area contributed by atoms with Crippen LogP contribution in [0.1, 0.15) is 23.4 Å². The Hall–Kier alpha value is -2.15. The number of carbonyl (C=O) groups is 1. The molecule has 0 amide bonds. The van der Waals surface area contributed by atoms with Crippen LogP contribution in [0, 0.1) is 13.8 Å². The minimum atomic E-state index is -3.49. The molecule has 7 heteroatoms. The molecule has 0 radical (unpaired) electrons. The predicted octanol–water partition coefficient (Wildman–Crippen LogP) is 2.20. The molecular weight excluding hydrogens is 306 g/mol. The van der Waals surface area contributed by atoms with E-state index >= 15 is 0 Å². The Bertz CT molecular complexity index is 746. The molecule has 2 rings (SSSR count). The lowest BCUT2D eigenvalue weighted by atomic mass is 10.2. The summed E-state index contributed by atoms with van der Waals surface area (Å²) < 4.78 is 34.0. The second-order valence-corrected chi connectivity index (χ2v) is 7.08. The molecular formula is C15H17NO5S. The summed E-state index contributed by atoms with van der Waals surface area (Å²) in [6, 6.07) is 8.16. The van der Waals surface area contributed by atoms with Crippen LogP contribution in [0.2, 0.25) is 0 Å². The summed E-state index contributed by atoms with van der Waals surface area (Å²) >= 11 is 0. The van der Waals surface area contributed by atoms with Gasteiger partial charge < -0.3 is 9.26 Å². The van der Waals surface area contributed by atoms with E-state index in [0.29, 0.717) is 11.5 Å². The maximum Gasteiger partial charge on any atom is 0.307 e. The molecule has 0 saturated carbocycles. The molecule has 0 aliphatic heterocycles. The van der Waals surface area contributed by atoms with Gasteiger partial charge in [-0.1, -0.05) is 22.9 Å². The van der Waals surface area contributed by atoms with Crippen LogP contribution in [0.5, 0.6) is 0 Å². The number of carbonyl (C=O) groups excluding carboxylic acids is 1. The first-order valence-corrected chi connectivity index (χ1v) is 8.39. The van der Waals surface area contributed by atoms with Crippen LogP contribution < -0.4 is 0 Å². The van der Waals surface area contributed by atoms with Gasteiger partial charge in [-0.3, -0.25) is 4.79 Å². The fourth-order valence-corrected chi connectivity index (χ4v) is 3.02. The molecule has 0 unspecified atom stereocenters. The van der Waals surface area contributed by atoms with Gasteiger partial charge in [0.15, 0.2) is 9.84 Å². The van der Waals surface area contributed by atoms with Gasteiger partial charge in [0.05, 0.1) is 17.1 Å². The van der Waals surface area contributed by atoms with Gasteiger partial charge in [-0.05, 0) is 26.0 Å². The van der Waals surface area contributed by atoms with E-state index in [1.54, 1.807) is 25.1 Å². The summed E-state index contributed by atoms with van der Waals surface area (Å²) in [6.45, 7) is 3.58. The Labute approximate surface area is 129 Å². The molecule has 0 aliphatic carbocycles. The molecule has 1 aromatic carbocycles. The first-order valence-electron chi connectivity index (χ1n) is 6.74. The van der Waals surface area contributed by atoms with E-state index in [-0.39, 0.29) is 23.7 Å². The van der Waals surface area contributed by atoms with E-state index < -0.39 is 15.8 Å². The highest BCUT2D eigenvalue weighted by Gasteiger charge is 2.17. The van der Waals surface area contributed by atoms with Crippen molar-refractivity contribution in [2.75, 3.05) is 5.75 Å². The minimum absolute atomic E-state index is 0.0270. The zero-order chi connectivity index (χ0) is 16.2. The molecule has 0 atom stereocenters. The number of aryl methyl sites for hydroxylation is 2. The molecule has 6 nitrogen and oxygen atoms in total. The molecule has 1 heterocycles. The Morgan fingerprint density at radius 1 is 1.23 bits per heavy atom. The number of ether oxygens (including phenoxy) is 1. The summed E-state index contributed by atoms with van der Waals surface area (Å²) in [5, 5.41) is 3.68. The van der Waals surface area contributed by atoms with Crippen molar-refractivity contribution >= 4 is 15.8 Å². The van der Waals surface area contributed by atoms with Crippen LogP contribution in [0.25, 0.3) is 0 Å². The topological polar surface area (TPSA) is 86.5 Å². The van der Waals surface area contributed by atoms with Gasteiger partial charge in [-0.25, -0.2) is 8.42 Å². The molecule has 1 aromatic heterocycles. The van der Waals surface area contributed by atoms with Crippen molar-refractivity contribution in [3.63, 3.8) is 0 Å². The molecule has 0 fully saturated rings. The smallest absolute Gasteiger partial charge is 0.307 e. The van der Waals surface area contributed by atoms with Crippen LogP contribution >= 0.6 is 0 Å². The normalized spacial score (nSPS) is 11.4. The van der Waals surface area contributed by atoms with Crippen molar-refractivity contribution in [2.24, 2.45) is 0 Å². The third kappa shape index (κ3) is 4.42. The minimum Gasteiger partial charge on any atom is -0.459 e. The molecule has 0 aliphatic rings. The monoisotopic (exact) mass is 323 g/mol. The lowest BCUT2D eigenvalue weighted by Gasteiger charge is -2.05.